The molecule has 3 nitrogen and oxygen atoms in total. The number of nitrogens with zero attached hydrogens (tertiary/aromatic N) is 1. The molecule has 4 rings (SSSR count). The third-order valence-corrected chi connectivity index (χ3v) is 5.40. The molecule has 0 saturated carbocycles. The molecule has 0 atom stereocenters. The Bertz CT molecular complexity index is 844. The zero-order valence-electron chi connectivity index (χ0n) is 15.7. The van der Waals surface area contributed by atoms with Crippen LogP contribution in [-0.4, -0.2) is 23.1 Å². The van der Waals surface area contributed by atoms with Crippen molar-refractivity contribution in [2.24, 2.45) is 5.41 Å². The molecule has 1 fully saturated rings. The Balaban J connectivity index is 0.00000140. The first-order chi connectivity index (χ1) is 12.7. The monoisotopic (exact) mass is 421 g/mol. The van der Waals surface area contributed by atoms with Crippen LogP contribution in [0.2, 0.25) is 0 Å². The lowest BCUT2D eigenvalue weighted by molar-refractivity contribution is 0.197. The lowest BCUT2D eigenvalue weighted by Gasteiger charge is -2.37. The van der Waals surface area contributed by atoms with Crippen LogP contribution in [0.1, 0.15) is 24.1 Å². The van der Waals surface area contributed by atoms with Gasteiger partial charge in [0.1, 0.15) is 11.6 Å². The number of hydrogen-bond donors (Lipinski definition) is 2. The molecule has 1 aromatic heterocycles. The summed E-state index contributed by atoms with van der Waals surface area (Å²) in [5, 5.41) is 3.47. The summed E-state index contributed by atoms with van der Waals surface area (Å²) in [6, 6.07) is 17.2. The Labute approximate surface area is 178 Å². The second kappa shape index (κ2) is 10.1. The van der Waals surface area contributed by atoms with Crippen LogP contribution in [0.25, 0.3) is 11.4 Å². The normalized spacial score (nSPS) is 15.3. The molecular weight excluding hydrogens is 396 g/mol. The molecule has 6 heteroatoms. The minimum atomic E-state index is -0.172. The maximum Gasteiger partial charge on any atom is 0.137 e. The predicted molar refractivity (Wildman–Crippen MR) is 117 cm³/mol. The predicted octanol–water partition coefficient (Wildman–Crippen LogP) is 5.21. The average molecular weight is 422 g/mol. The van der Waals surface area contributed by atoms with Gasteiger partial charge in [-0.05, 0) is 61.9 Å². The van der Waals surface area contributed by atoms with E-state index in [9.17, 15) is 4.39 Å². The molecular formula is C22H26Cl2FN3. The Morgan fingerprint density at radius 2 is 1.57 bits per heavy atom. The van der Waals surface area contributed by atoms with Crippen LogP contribution in [-0.2, 0) is 12.8 Å². The molecule has 28 heavy (non-hydrogen) atoms. The number of rotatable bonds is 5. The highest BCUT2D eigenvalue weighted by Gasteiger charge is 2.33. The Morgan fingerprint density at radius 3 is 2.25 bits per heavy atom. The van der Waals surface area contributed by atoms with E-state index < -0.39 is 0 Å². The Morgan fingerprint density at radius 1 is 0.893 bits per heavy atom. The smallest absolute Gasteiger partial charge is 0.137 e. The van der Waals surface area contributed by atoms with Gasteiger partial charge in [-0.25, -0.2) is 9.37 Å². The summed E-state index contributed by atoms with van der Waals surface area (Å²) < 4.78 is 13.2. The topological polar surface area (TPSA) is 40.7 Å². The van der Waals surface area contributed by atoms with Crippen LogP contribution in [0.3, 0.4) is 0 Å². The number of aromatic amines is 1. The van der Waals surface area contributed by atoms with E-state index in [0.29, 0.717) is 0 Å². The maximum atomic E-state index is 13.2. The third kappa shape index (κ3) is 5.34. The fourth-order valence-corrected chi connectivity index (χ4v) is 4.00. The summed E-state index contributed by atoms with van der Waals surface area (Å²) >= 11 is 0. The van der Waals surface area contributed by atoms with Gasteiger partial charge in [0.2, 0.25) is 0 Å². The minimum Gasteiger partial charge on any atom is -0.342 e. The summed E-state index contributed by atoms with van der Waals surface area (Å²) in [5.74, 6) is 0.751. The van der Waals surface area contributed by atoms with Crippen molar-refractivity contribution in [1.82, 2.24) is 15.3 Å². The minimum absolute atomic E-state index is 0. The van der Waals surface area contributed by atoms with Gasteiger partial charge in [0, 0.05) is 17.5 Å². The quantitative estimate of drug-likeness (QED) is 0.592. The van der Waals surface area contributed by atoms with E-state index in [1.807, 2.05) is 36.5 Å². The van der Waals surface area contributed by atoms with Gasteiger partial charge in [0.25, 0.3) is 0 Å². The molecule has 2 N–H and O–H groups in total. The summed E-state index contributed by atoms with van der Waals surface area (Å²) in [6.45, 7) is 2.06. The first-order valence-corrected chi connectivity index (χ1v) is 9.27. The molecule has 1 saturated heterocycles. The second-order valence-electron chi connectivity index (χ2n) is 7.35. The summed E-state index contributed by atoms with van der Waals surface area (Å²) in [5.41, 5.74) is 3.67. The second-order valence-corrected chi connectivity index (χ2v) is 7.35. The molecule has 1 aliphatic rings. The van der Waals surface area contributed by atoms with Gasteiger partial charge < -0.3 is 10.3 Å². The molecule has 0 aliphatic carbocycles. The number of H-pyrrole nitrogens is 1. The standard InChI is InChI=1S/C22H24FN3.2ClH/c23-19-8-6-17(7-9-19)14-22(10-12-24-13-11-22)15-20-16-25-21(26-20)18-4-2-1-3-5-18;;/h1-9,16,24H,10-15H2,(H,25,26);2*1H. The van der Waals surface area contributed by atoms with E-state index in [-0.39, 0.29) is 36.0 Å². The van der Waals surface area contributed by atoms with Crippen LogP contribution < -0.4 is 5.32 Å². The number of imidazole rings is 1. The van der Waals surface area contributed by atoms with Gasteiger partial charge in [0.15, 0.2) is 0 Å². The van der Waals surface area contributed by atoms with Gasteiger partial charge in [-0.1, -0.05) is 42.5 Å². The zero-order chi connectivity index (χ0) is 17.8. The van der Waals surface area contributed by atoms with Crippen molar-refractivity contribution in [3.05, 3.63) is 77.9 Å². The maximum absolute atomic E-state index is 13.2. The van der Waals surface area contributed by atoms with Gasteiger partial charge in [-0.3, -0.25) is 0 Å². The van der Waals surface area contributed by atoms with Crippen molar-refractivity contribution >= 4 is 24.8 Å². The average Bonchev–Trinajstić information content (AvgIpc) is 3.13. The van der Waals surface area contributed by atoms with E-state index in [1.54, 1.807) is 12.1 Å². The summed E-state index contributed by atoms with van der Waals surface area (Å²) in [4.78, 5) is 8.09. The van der Waals surface area contributed by atoms with Crippen molar-refractivity contribution in [2.75, 3.05) is 13.1 Å². The Hall–Kier alpha value is -1.88. The van der Waals surface area contributed by atoms with E-state index in [0.717, 1.165) is 50.2 Å². The van der Waals surface area contributed by atoms with Crippen LogP contribution in [0.15, 0.2) is 60.8 Å². The lowest BCUT2D eigenvalue weighted by Crippen LogP contribution is -2.39. The largest absolute Gasteiger partial charge is 0.342 e. The number of hydrogen-bond acceptors (Lipinski definition) is 2. The highest BCUT2D eigenvalue weighted by Crippen LogP contribution is 2.36. The molecule has 0 amide bonds. The van der Waals surface area contributed by atoms with Crippen molar-refractivity contribution < 1.29 is 4.39 Å². The summed E-state index contributed by atoms with van der Waals surface area (Å²) in [6.07, 6.45) is 6.13. The third-order valence-electron chi connectivity index (χ3n) is 5.40. The Kier molecular flexibility index (Phi) is 8.05. The number of nitrogens with one attached hydrogen (secondary N) is 2. The fourth-order valence-electron chi connectivity index (χ4n) is 4.00. The first kappa shape index (κ1) is 22.4. The van der Waals surface area contributed by atoms with Gasteiger partial charge >= 0.3 is 0 Å². The molecule has 0 radical (unpaired) electrons. The van der Waals surface area contributed by atoms with E-state index >= 15 is 0 Å². The van der Waals surface area contributed by atoms with Gasteiger partial charge in [-0.15, -0.1) is 24.8 Å². The first-order valence-electron chi connectivity index (χ1n) is 9.27. The molecule has 2 heterocycles. The van der Waals surface area contributed by atoms with Gasteiger partial charge in [0.05, 0.1) is 0 Å². The van der Waals surface area contributed by atoms with Gasteiger partial charge in [-0.2, -0.15) is 0 Å². The molecule has 0 unspecified atom stereocenters. The molecule has 0 bridgehead atoms. The molecule has 1 aliphatic heterocycles. The molecule has 0 spiro atoms. The van der Waals surface area contributed by atoms with Crippen molar-refractivity contribution in [2.45, 2.75) is 25.7 Å². The highest BCUT2D eigenvalue weighted by molar-refractivity contribution is 5.85. The summed E-state index contributed by atoms with van der Waals surface area (Å²) in [7, 11) is 0. The number of benzene rings is 2. The number of aromatic nitrogens is 2. The van der Waals surface area contributed by atoms with E-state index in [2.05, 4.69) is 27.4 Å². The highest BCUT2D eigenvalue weighted by atomic mass is 35.5. The van der Waals surface area contributed by atoms with Crippen molar-refractivity contribution in [3.8, 4) is 11.4 Å². The van der Waals surface area contributed by atoms with Crippen molar-refractivity contribution in [3.63, 3.8) is 0 Å². The lowest BCUT2D eigenvalue weighted by atomic mass is 9.71. The van der Waals surface area contributed by atoms with Crippen molar-refractivity contribution in [1.29, 1.82) is 0 Å². The van der Waals surface area contributed by atoms with Crippen LogP contribution in [0, 0.1) is 11.2 Å². The van der Waals surface area contributed by atoms with E-state index in [1.165, 1.54) is 11.3 Å². The van der Waals surface area contributed by atoms with E-state index in [4.69, 9.17) is 0 Å². The van der Waals surface area contributed by atoms with Crippen LogP contribution >= 0.6 is 24.8 Å². The molecule has 150 valence electrons. The number of piperidine rings is 1. The van der Waals surface area contributed by atoms with Crippen LogP contribution in [0.5, 0.6) is 0 Å². The zero-order valence-corrected chi connectivity index (χ0v) is 17.3. The molecule has 2 aromatic carbocycles. The van der Waals surface area contributed by atoms with Crippen LogP contribution in [0.4, 0.5) is 4.39 Å². The number of halogens is 3. The fraction of sp³-hybridized carbons (Fsp3) is 0.318. The SMILES string of the molecule is Cl.Cl.Fc1ccc(CC2(Cc3cnc(-c4ccccc4)[nH]3)CCNCC2)cc1. The molecule has 3 aromatic rings.